The first-order valence-corrected chi connectivity index (χ1v) is 11.5. The summed E-state index contributed by atoms with van der Waals surface area (Å²) in [6.07, 6.45) is 5.13. The van der Waals surface area contributed by atoms with Gasteiger partial charge < -0.3 is 10.7 Å². The van der Waals surface area contributed by atoms with Crippen molar-refractivity contribution in [2.24, 2.45) is 5.73 Å². The SMILES string of the molecule is C[C@]1(C(N)=O)CCCCN1S(=O)(=O)N1CCC(c2c[nH]c3ccc(F)cc23)CC1. The average Bonchev–Trinajstić information content (AvgIpc) is 3.11. The summed E-state index contributed by atoms with van der Waals surface area (Å²) in [5.74, 6) is -0.730. The zero-order valence-corrected chi connectivity index (χ0v) is 17.3. The number of H-pyrrole nitrogens is 1. The molecule has 2 aliphatic rings. The second-order valence-corrected chi connectivity index (χ2v) is 10.1. The molecule has 4 rings (SSSR count). The molecule has 2 fully saturated rings. The van der Waals surface area contributed by atoms with Crippen LogP contribution < -0.4 is 5.73 Å². The molecule has 7 nitrogen and oxygen atoms in total. The van der Waals surface area contributed by atoms with E-state index in [1.165, 1.54) is 20.7 Å². The first kappa shape index (κ1) is 20.3. The second kappa shape index (κ2) is 7.37. The van der Waals surface area contributed by atoms with Gasteiger partial charge in [0.05, 0.1) is 0 Å². The molecule has 158 valence electrons. The maximum atomic E-state index is 13.7. The van der Waals surface area contributed by atoms with Gasteiger partial charge >= 0.3 is 0 Å². The minimum absolute atomic E-state index is 0.154. The maximum Gasteiger partial charge on any atom is 0.282 e. The number of primary amides is 1. The Morgan fingerprint density at radius 2 is 1.97 bits per heavy atom. The summed E-state index contributed by atoms with van der Waals surface area (Å²) in [7, 11) is -3.78. The Labute approximate surface area is 170 Å². The zero-order chi connectivity index (χ0) is 20.8. The van der Waals surface area contributed by atoms with Crippen molar-refractivity contribution in [1.29, 1.82) is 0 Å². The summed E-state index contributed by atoms with van der Waals surface area (Å²) >= 11 is 0. The smallest absolute Gasteiger partial charge is 0.282 e. The molecular formula is C20H27FN4O3S. The average molecular weight is 423 g/mol. The van der Waals surface area contributed by atoms with Gasteiger partial charge in [-0.25, -0.2) is 4.39 Å². The van der Waals surface area contributed by atoms with Crippen molar-refractivity contribution in [3.05, 3.63) is 35.8 Å². The summed E-state index contributed by atoms with van der Waals surface area (Å²) < 4.78 is 43.0. The number of benzene rings is 1. The lowest BCUT2D eigenvalue weighted by Gasteiger charge is -2.44. The summed E-state index contributed by atoms with van der Waals surface area (Å²) in [5.41, 5.74) is 6.29. The van der Waals surface area contributed by atoms with Crippen LogP contribution in [0.3, 0.4) is 0 Å². The molecule has 0 bridgehead atoms. The lowest BCUT2D eigenvalue weighted by atomic mass is 9.90. The van der Waals surface area contributed by atoms with Gasteiger partial charge in [0.1, 0.15) is 11.4 Å². The molecule has 1 atom stereocenters. The van der Waals surface area contributed by atoms with Crippen molar-refractivity contribution in [3.63, 3.8) is 0 Å². The minimum Gasteiger partial charge on any atom is -0.368 e. The largest absolute Gasteiger partial charge is 0.368 e. The fourth-order valence-electron chi connectivity index (χ4n) is 4.70. The minimum atomic E-state index is -3.78. The van der Waals surface area contributed by atoms with Crippen LogP contribution in [0.25, 0.3) is 10.9 Å². The standard InChI is InChI=1S/C20H27FN4O3S/c1-20(19(22)26)8-2-3-9-25(20)29(27,28)24-10-6-14(7-11-24)17-13-23-18-5-4-15(21)12-16(17)18/h4-5,12-14,23H,2-3,6-11H2,1H3,(H2,22,26)/t20-/m1/s1. The first-order chi connectivity index (χ1) is 13.7. The van der Waals surface area contributed by atoms with Gasteiger partial charge in [0.25, 0.3) is 10.2 Å². The number of piperidine rings is 2. The lowest BCUT2D eigenvalue weighted by molar-refractivity contribution is -0.128. The molecule has 0 aliphatic carbocycles. The Kier molecular flexibility index (Phi) is 5.16. The van der Waals surface area contributed by atoms with Crippen LogP contribution >= 0.6 is 0 Å². The van der Waals surface area contributed by atoms with Gasteiger partial charge in [-0.15, -0.1) is 0 Å². The highest BCUT2D eigenvalue weighted by Crippen LogP contribution is 2.37. The Morgan fingerprint density at radius 3 is 2.66 bits per heavy atom. The molecule has 0 spiro atoms. The van der Waals surface area contributed by atoms with Gasteiger partial charge in [-0.3, -0.25) is 4.79 Å². The molecule has 29 heavy (non-hydrogen) atoms. The molecule has 3 N–H and O–H groups in total. The van der Waals surface area contributed by atoms with E-state index in [1.54, 1.807) is 13.0 Å². The number of nitrogens with one attached hydrogen (secondary N) is 1. The van der Waals surface area contributed by atoms with E-state index in [0.717, 1.165) is 29.3 Å². The molecular weight excluding hydrogens is 395 g/mol. The molecule has 1 aromatic heterocycles. The Morgan fingerprint density at radius 1 is 1.24 bits per heavy atom. The predicted octanol–water partition coefficient (Wildman–Crippen LogP) is 2.46. The third-order valence-corrected chi connectivity index (χ3v) is 8.69. The number of carbonyl (C=O) groups is 1. The number of rotatable bonds is 4. The van der Waals surface area contributed by atoms with Crippen molar-refractivity contribution in [1.82, 2.24) is 13.6 Å². The van der Waals surface area contributed by atoms with Crippen LogP contribution in [0.4, 0.5) is 4.39 Å². The summed E-state index contributed by atoms with van der Waals surface area (Å²) in [6.45, 7) is 2.66. The monoisotopic (exact) mass is 422 g/mol. The van der Waals surface area contributed by atoms with E-state index in [9.17, 15) is 17.6 Å². The molecule has 1 aromatic carbocycles. The molecule has 0 radical (unpaired) electrons. The van der Waals surface area contributed by atoms with Crippen molar-refractivity contribution in [3.8, 4) is 0 Å². The second-order valence-electron chi connectivity index (χ2n) is 8.28. The number of aromatic nitrogens is 1. The lowest BCUT2D eigenvalue weighted by Crippen LogP contribution is -2.63. The predicted molar refractivity (Wildman–Crippen MR) is 109 cm³/mol. The summed E-state index contributed by atoms with van der Waals surface area (Å²) in [4.78, 5) is 15.2. The highest BCUT2D eigenvalue weighted by atomic mass is 32.2. The van der Waals surface area contributed by atoms with Gasteiger partial charge in [-0.2, -0.15) is 17.0 Å². The molecule has 3 heterocycles. The van der Waals surface area contributed by atoms with E-state index in [4.69, 9.17) is 5.73 Å². The zero-order valence-electron chi connectivity index (χ0n) is 16.5. The normalized spacial score (nSPS) is 25.4. The van der Waals surface area contributed by atoms with Crippen LogP contribution in [0.5, 0.6) is 0 Å². The van der Waals surface area contributed by atoms with Gasteiger partial charge in [0.15, 0.2) is 0 Å². The van der Waals surface area contributed by atoms with Crippen molar-refractivity contribution >= 4 is 27.0 Å². The number of fused-ring (bicyclic) bond motifs is 1. The summed E-state index contributed by atoms with van der Waals surface area (Å²) in [6, 6.07) is 4.66. The Hall–Kier alpha value is -1.97. The van der Waals surface area contributed by atoms with E-state index in [2.05, 4.69) is 4.98 Å². The van der Waals surface area contributed by atoms with Crippen molar-refractivity contribution < 1.29 is 17.6 Å². The number of nitrogens with two attached hydrogens (primary N) is 1. The van der Waals surface area contributed by atoms with Gasteiger partial charge in [0.2, 0.25) is 5.91 Å². The van der Waals surface area contributed by atoms with Crippen molar-refractivity contribution in [2.75, 3.05) is 19.6 Å². The van der Waals surface area contributed by atoms with Crippen molar-refractivity contribution in [2.45, 2.75) is 50.5 Å². The number of hydrogen-bond acceptors (Lipinski definition) is 3. The summed E-state index contributed by atoms with van der Waals surface area (Å²) in [5, 5.41) is 0.851. The number of carbonyl (C=O) groups excluding carboxylic acids is 1. The van der Waals surface area contributed by atoms with E-state index in [0.29, 0.717) is 38.9 Å². The Balaban J connectivity index is 1.52. The number of halogens is 1. The number of aromatic amines is 1. The van der Waals surface area contributed by atoms with Gasteiger partial charge in [-0.1, -0.05) is 0 Å². The molecule has 9 heteroatoms. The first-order valence-electron chi connectivity index (χ1n) is 10.1. The van der Waals surface area contributed by atoms with Crippen LogP contribution in [-0.4, -0.2) is 53.1 Å². The van der Waals surface area contributed by atoms with Crippen LogP contribution in [-0.2, 0) is 15.0 Å². The van der Waals surface area contributed by atoms with Crippen LogP contribution in [0.15, 0.2) is 24.4 Å². The maximum absolute atomic E-state index is 13.7. The fraction of sp³-hybridized carbons (Fsp3) is 0.550. The third kappa shape index (κ3) is 3.45. The fourth-order valence-corrected chi connectivity index (χ4v) is 6.70. The number of nitrogens with zero attached hydrogens (tertiary/aromatic N) is 2. The van der Waals surface area contributed by atoms with Crippen LogP contribution in [0.2, 0.25) is 0 Å². The van der Waals surface area contributed by atoms with E-state index in [-0.39, 0.29) is 11.7 Å². The number of amides is 1. The molecule has 0 unspecified atom stereocenters. The van der Waals surface area contributed by atoms with E-state index < -0.39 is 21.7 Å². The molecule has 2 aliphatic heterocycles. The molecule has 1 amide bonds. The topological polar surface area (TPSA) is 99.5 Å². The molecule has 2 aromatic rings. The Bertz CT molecular complexity index is 1030. The highest BCUT2D eigenvalue weighted by molar-refractivity contribution is 7.86. The highest BCUT2D eigenvalue weighted by Gasteiger charge is 2.48. The molecule has 0 saturated carbocycles. The molecule has 2 saturated heterocycles. The quantitative estimate of drug-likeness (QED) is 0.792. The van der Waals surface area contributed by atoms with Gasteiger partial charge in [0, 0.05) is 36.7 Å². The van der Waals surface area contributed by atoms with Gasteiger partial charge in [-0.05, 0) is 68.7 Å². The van der Waals surface area contributed by atoms with E-state index in [1.807, 2.05) is 6.20 Å². The van der Waals surface area contributed by atoms with E-state index >= 15 is 0 Å². The number of hydrogen-bond donors (Lipinski definition) is 2. The third-order valence-electron chi connectivity index (χ3n) is 6.53. The van der Waals surface area contributed by atoms with Crippen LogP contribution in [0.1, 0.15) is 50.5 Å². The van der Waals surface area contributed by atoms with Crippen LogP contribution in [0, 0.1) is 5.82 Å².